The summed E-state index contributed by atoms with van der Waals surface area (Å²) in [6.45, 7) is 6.93. The van der Waals surface area contributed by atoms with Crippen LogP contribution in [0.4, 0.5) is 11.4 Å². The molecule has 2 aromatic rings. The van der Waals surface area contributed by atoms with Gasteiger partial charge in [0.05, 0.1) is 0 Å². The second kappa shape index (κ2) is 21.8. The lowest BCUT2D eigenvalue weighted by atomic mass is 10.2. The fraction of sp³-hybridized carbons (Fsp3) is 0.520. The average molecular weight is 607 g/mol. The van der Waals surface area contributed by atoms with Crippen molar-refractivity contribution in [2.45, 2.75) is 19.5 Å². The Kier molecular flexibility index (Phi) is 21.6. The summed E-state index contributed by atoms with van der Waals surface area (Å²) in [4.78, 5) is 4.43. The van der Waals surface area contributed by atoms with Crippen LogP contribution in [0.15, 0.2) is 48.5 Å². The van der Waals surface area contributed by atoms with E-state index in [9.17, 15) is 0 Å². The number of nitrogens with zero attached hydrogens (tertiary/aromatic N) is 2. The Morgan fingerprint density at radius 1 is 0.514 bits per heavy atom. The minimum Gasteiger partial charge on any atom is -0.369 e. The lowest BCUT2D eigenvalue weighted by Gasteiger charge is -2.23. The summed E-state index contributed by atoms with van der Waals surface area (Å²) in [5.41, 5.74) is 4.90. The summed E-state index contributed by atoms with van der Waals surface area (Å²) < 4.78 is 0. The van der Waals surface area contributed by atoms with Crippen LogP contribution >= 0.6 is 71.2 Å². The zero-order chi connectivity index (χ0) is 23.7. The second-order valence-corrected chi connectivity index (χ2v) is 9.28. The Bertz CT molecular complexity index is 673. The van der Waals surface area contributed by atoms with Crippen molar-refractivity contribution >= 4 is 82.6 Å². The molecule has 0 atom stereocenters. The highest BCUT2D eigenvalue weighted by atomic mass is 35.5. The minimum atomic E-state index is 0. The molecule has 0 radical (unpaired) electrons. The third-order valence-electron chi connectivity index (χ3n) is 5.39. The van der Waals surface area contributed by atoms with Crippen LogP contribution in [0, 0.1) is 0 Å². The first kappa shape index (κ1) is 34.7. The van der Waals surface area contributed by atoms with Gasteiger partial charge in [0.25, 0.3) is 0 Å². The molecule has 0 fully saturated rings. The van der Waals surface area contributed by atoms with Crippen LogP contribution < -0.4 is 20.4 Å². The quantitative estimate of drug-likeness (QED) is 0.153. The van der Waals surface area contributed by atoms with E-state index >= 15 is 0 Å². The fourth-order valence-corrected chi connectivity index (χ4v) is 4.42. The number of rotatable bonds is 18. The predicted octanol–water partition coefficient (Wildman–Crippen LogP) is 6.37. The van der Waals surface area contributed by atoms with Gasteiger partial charge in [0, 0.05) is 74.2 Å². The molecule has 0 aromatic heterocycles. The van der Waals surface area contributed by atoms with Gasteiger partial charge in [0.1, 0.15) is 0 Å². The molecule has 0 amide bonds. The van der Waals surface area contributed by atoms with Crippen LogP contribution in [-0.2, 0) is 13.1 Å². The van der Waals surface area contributed by atoms with Gasteiger partial charge in [-0.3, -0.25) is 0 Å². The molecule has 0 bridgehead atoms. The molecule has 0 spiro atoms. The summed E-state index contributed by atoms with van der Waals surface area (Å²) in [5, 5.41) is 7.04. The largest absolute Gasteiger partial charge is 0.369 e. The summed E-state index contributed by atoms with van der Waals surface area (Å²) in [7, 11) is 0. The number of anilines is 2. The first-order chi connectivity index (χ1) is 16.2. The molecule has 0 saturated heterocycles. The molecular formula is C25H38Cl6N4. The van der Waals surface area contributed by atoms with E-state index in [-0.39, 0.29) is 24.8 Å². The van der Waals surface area contributed by atoms with Crippen molar-refractivity contribution in [3.05, 3.63) is 59.7 Å². The van der Waals surface area contributed by atoms with Gasteiger partial charge in [-0.25, -0.2) is 0 Å². The van der Waals surface area contributed by atoms with Crippen molar-refractivity contribution in [2.24, 2.45) is 0 Å². The van der Waals surface area contributed by atoms with Crippen molar-refractivity contribution in [1.82, 2.24) is 10.6 Å². The van der Waals surface area contributed by atoms with Gasteiger partial charge in [-0.2, -0.15) is 0 Å². The van der Waals surface area contributed by atoms with Crippen LogP contribution in [-0.4, -0.2) is 62.8 Å². The van der Waals surface area contributed by atoms with Gasteiger partial charge in [-0.05, 0) is 54.9 Å². The molecule has 0 aliphatic carbocycles. The Labute approximate surface area is 243 Å². The van der Waals surface area contributed by atoms with Crippen LogP contribution in [0.2, 0.25) is 0 Å². The maximum Gasteiger partial charge on any atom is 0.0399 e. The predicted molar refractivity (Wildman–Crippen MR) is 163 cm³/mol. The zero-order valence-electron chi connectivity index (χ0n) is 20.0. The van der Waals surface area contributed by atoms with Gasteiger partial charge in [0.2, 0.25) is 0 Å². The number of benzene rings is 2. The Balaban J connectivity index is 0.00000578. The first-order valence-corrected chi connectivity index (χ1v) is 13.7. The van der Waals surface area contributed by atoms with Crippen molar-refractivity contribution < 1.29 is 0 Å². The highest BCUT2D eigenvalue weighted by molar-refractivity contribution is 6.19. The molecule has 2 N–H and O–H groups in total. The standard InChI is InChI=1S/C25H36Cl4N4.2ClH/c26-10-16-32(17-11-27)24-6-2-22(3-7-24)20-30-14-1-15-31-21-23-4-8-25(9-5-23)33(18-12-28)19-13-29;;/h2-9,30-31H,1,10-21H2;2*1H. The lowest BCUT2D eigenvalue weighted by molar-refractivity contribution is 0.595. The number of hydrogen-bond donors (Lipinski definition) is 2. The van der Waals surface area contributed by atoms with E-state index in [1.165, 1.54) is 22.5 Å². The van der Waals surface area contributed by atoms with Gasteiger partial charge < -0.3 is 20.4 Å². The third kappa shape index (κ3) is 13.7. The topological polar surface area (TPSA) is 30.5 Å². The molecule has 0 aliphatic rings. The Hall–Kier alpha value is -0.300. The highest BCUT2D eigenvalue weighted by Gasteiger charge is 2.06. The van der Waals surface area contributed by atoms with Gasteiger partial charge in [0.15, 0.2) is 0 Å². The van der Waals surface area contributed by atoms with Crippen molar-refractivity contribution in [1.29, 1.82) is 0 Å². The molecule has 4 nitrogen and oxygen atoms in total. The van der Waals surface area contributed by atoms with Crippen molar-refractivity contribution in [3.63, 3.8) is 0 Å². The summed E-state index contributed by atoms with van der Waals surface area (Å²) in [6, 6.07) is 17.3. The molecular weight excluding hydrogens is 569 g/mol. The molecule has 0 aliphatic heterocycles. The summed E-state index contributed by atoms with van der Waals surface area (Å²) in [6.07, 6.45) is 1.08. The number of halogens is 6. The van der Waals surface area contributed by atoms with Crippen LogP contribution in [0.3, 0.4) is 0 Å². The smallest absolute Gasteiger partial charge is 0.0399 e. The van der Waals surface area contributed by atoms with Crippen molar-refractivity contribution in [3.8, 4) is 0 Å². The average Bonchev–Trinajstić information content (AvgIpc) is 2.84. The second-order valence-electron chi connectivity index (χ2n) is 7.77. The molecule has 0 unspecified atom stereocenters. The van der Waals surface area contributed by atoms with Gasteiger partial charge in [-0.1, -0.05) is 24.3 Å². The van der Waals surface area contributed by atoms with Crippen LogP contribution in [0.1, 0.15) is 17.5 Å². The Morgan fingerprint density at radius 2 is 0.829 bits per heavy atom. The number of nitrogens with one attached hydrogen (secondary N) is 2. The van der Waals surface area contributed by atoms with E-state index in [1.807, 2.05) is 0 Å². The van der Waals surface area contributed by atoms with E-state index in [0.717, 1.165) is 58.8 Å². The highest BCUT2D eigenvalue weighted by Crippen LogP contribution is 2.16. The van der Waals surface area contributed by atoms with Crippen LogP contribution in [0.25, 0.3) is 0 Å². The number of alkyl halides is 4. The summed E-state index contributed by atoms with van der Waals surface area (Å²) in [5.74, 6) is 2.39. The van der Waals surface area contributed by atoms with Gasteiger partial charge in [-0.15, -0.1) is 71.2 Å². The van der Waals surface area contributed by atoms with E-state index in [4.69, 9.17) is 46.4 Å². The zero-order valence-corrected chi connectivity index (χ0v) is 24.7. The monoisotopic (exact) mass is 604 g/mol. The lowest BCUT2D eigenvalue weighted by Crippen LogP contribution is -2.27. The first-order valence-electron chi connectivity index (χ1n) is 11.5. The molecule has 200 valence electrons. The van der Waals surface area contributed by atoms with Crippen molar-refractivity contribution in [2.75, 3.05) is 72.6 Å². The van der Waals surface area contributed by atoms with E-state index in [0.29, 0.717) is 23.5 Å². The molecule has 0 heterocycles. The molecule has 35 heavy (non-hydrogen) atoms. The summed E-state index contributed by atoms with van der Waals surface area (Å²) >= 11 is 23.6. The fourth-order valence-electron chi connectivity index (χ4n) is 3.60. The number of hydrogen-bond acceptors (Lipinski definition) is 4. The van der Waals surface area contributed by atoms with Crippen LogP contribution in [0.5, 0.6) is 0 Å². The Morgan fingerprint density at radius 3 is 1.11 bits per heavy atom. The normalized spacial score (nSPS) is 10.4. The molecule has 10 heteroatoms. The maximum atomic E-state index is 5.90. The van der Waals surface area contributed by atoms with E-state index in [2.05, 4.69) is 69.0 Å². The molecule has 2 aromatic carbocycles. The van der Waals surface area contributed by atoms with E-state index in [1.54, 1.807) is 0 Å². The molecule has 2 rings (SSSR count). The SMILES string of the molecule is Cl.Cl.ClCCN(CCCl)c1ccc(CNCCCNCc2ccc(N(CCCl)CCCl)cc2)cc1. The van der Waals surface area contributed by atoms with E-state index < -0.39 is 0 Å². The minimum absolute atomic E-state index is 0. The third-order valence-corrected chi connectivity index (χ3v) is 6.06. The van der Waals surface area contributed by atoms with Gasteiger partial charge >= 0.3 is 0 Å². The maximum absolute atomic E-state index is 5.90. The molecule has 0 saturated carbocycles.